The van der Waals surface area contributed by atoms with Gasteiger partial charge in [-0.15, -0.1) is 0 Å². The highest BCUT2D eigenvalue weighted by Crippen LogP contribution is 2.31. The second-order valence-electron chi connectivity index (χ2n) is 5.29. The van der Waals surface area contributed by atoms with E-state index in [9.17, 15) is 0 Å². The van der Waals surface area contributed by atoms with Crippen molar-refractivity contribution in [2.24, 2.45) is 0 Å². The van der Waals surface area contributed by atoms with Crippen LogP contribution in [-0.4, -0.2) is 9.13 Å². The minimum atomic E-state index is 1.23. The van der Waals surface area contributed by atoms with E-state index in [1.165, 1.54) is 27.7 Å². The van der Waals surface area contributed by atoms with E-state index >= 15 is 0 Å². The third kappa shape index (κ3) is 1.88. The Hall–Kier alpha value is -2.74. The van der Waals surface area contributed by atoms with E-state index in [1.54, 1.807) is 0 Å². The molecule has 0 fully saturated rings. The molecule has 0 saturated carbocycles. The lowest BCUT2D eigenvalue weighted by Crippen LogP contribution is -2.00. The maximum Gasteiger partial charge on any atom is 0.0558 e. The molecule has 0 spiro atoms. The minimum Gasteiger partial charge on any atom is -0.323 e. The highest BCUT2D eigenvalue weighted by Gasteiger charge is 2.11. The number of rotatable bonds is 2. The van der Waals surface area contributed by atoms with Crippen molar-refractivity contribution in [2.45, 2.75) is 6.92 Å². The maximum absolute atomic E-state index is 2.26. The van der Waals surface area contributed by atoms with Crippen LogP contribution in [0.5, 0.6) is 0 Å². The number of hydrogen-bond acceptors (Lipinski definition) is 0. The molecular formula is C19H16N2. The summed E-state index contributed by atoms with van der Waals surface area (Å²) in [6.07, 6.45) is 8.39. The Morgan fingerprint density at radius 3 is 1.90 bits per heavy atom. The SMILES string of the molecule is Cc1cc(-n2cccc2)c2ccccc2c1-n1cccc1. The quantitative estimate of drug-likeness (QED) is 0.499. The van der Waals surface area contributed by atoms with Crippen molar-refractivity contribution in [1.82, 2.24) is 9.13 Å². The molecule has 2 nitrogen and oxygen atoms in total. The molecule has 0 aliphatic carbocycles. The van der Waals surface area contributed by atoms with Crippen molar-refractivity contribution in [3.05, 3.63) is 84.9 Å². The fourth-order valence-electron chi connectivity index (χ4n) is 3.01. The Labute approximate surface area is 123 Å². The van der Waals surface area contributed by atoms with Crippen LogP contribution in [0.25, 0.3) is 22.1 Å². The van der Waals surface area contributed by atoms with Gasteiger partial charge in [-0.1, -0.05) is 24.3 Å². The van der Waals surface area contributed by atoms with Gasteiger partial charge in [-0.25, -0.2) is 0 Å². The highest BCUT2D eigenvalue weighted by molar-refractivity contribution is 5.97. The number of benzene rings is 2. The molecule has 0 amide bonds. The van der Waals surface area contributed by atoms with Gasteiger partial charge in [-0.05, 0) is 42.8 Å². The molecule has 4 rings (SSSR count). The minimum absolute atomic E-state index is 1.23. The van der Waals surface area contributed by atoms with Crippen molar-refractivity contribution in [1.29, 1.82) is 0 Å². The normalized spacial score (nSPS) is 11.1. The standard InChI is InChI=1S/C19H16N2/c1-15-14-18(20-10-4-5-11-20)16-8-2-3-9-17(16)19(15)21-12-6-7-13-21/h2-14H,1H3. The largest absolute Gasteiger partial charge is 0.323 e. The van der Waals surface area contributed by atoms with Gasteiger partial charge in [0.05, 0.1) is 11.4 Å². The topological polar surface area (TPSA) is 9.86 Å². The van der Waals surface area contributed by atoms with Gasteiger partial charge in [0.2, 0.25) is 0 Å². The third-order valence-corrected chi connectivity index (χ3v) is 3.93. The Bertz CT molecular complexity index is 885. The van der Waals surface area contributed by atoms with Crippen molar-refractivity contribution in [3.8, 4) is 11.4 Å². The second-order valence-corrected chi connectivity index (χ2v) is 5.29. The predicted octanol–water partition coefficient (Wildman–Crippen LogP) is 4.73. The zero-order chi connectivity index (χ0) is 14.2. The summed E-state index contributed by atoms with van der Waals surface area (Å²) < 4.78 is 4.37. The molecule has 4 aromatic rings. The first-order valence-corrected chi connectivity index (χ1v) is 7.13. The van der Waals surface area contributed by atoms with Crippen LogP contribution < -0.4 is 0 Å². The number of fused-ring (bicyclic) bond motifs is 1. The second kappa shape index (κ2) is 4.67. The molecule has 0 radical (unpaired) electrons. The van der Waals surface area contributed by atoms with Gasteiger partial charge >= 0.3 is 0 Å². The van der Waals surface area contributed by atoms with E-state index in [0.717, 1.165) is 0 Å². The van der Waals surface area contributed by atoms with Crippen LogP contribution in [0.4, 0.5) is 0 Å². The molecule has 0 bridgehead atoms. The monoisotopic (exact) mass is 272 g/mol. The van der Waals surface area contributed by atoms with Crippen molar-refractivity contribution < 1.29 is 0 Å². The van der Waals surface area contributed by atoms with Crippen LogP contribution in [-0.2, 0) is 0 Å². The van der Waals surface area contributed by atoms with E-state index in [4.69, 9.17) is 0 Å². The summed E-state index contributed by atoms with van der Waals surface area (Å²) in [7, 11) is 0. The Morgan fingerprint density at radius 2 is 1.24 bits per heavy atom. The molecular weight excluding hydrogens is 256 g/mol. The zero-order valence-corrected chi connectivity index (χ0v) is 11.9. The Kier molecular flexibility index (Phi) is 2.68. The van der Waals surface area contributed by atoms with Crippen LogP contribution in [0, 0.1) is 6.92 Å². The van der Waals surface area contributed by atoms with Gasteiger partial charge < -0.3 is 9.13 Å². The van der Waals surface area contributed by atoms with Crippen LogP contribution in [0.15, 0.2) is 79.4 Å². The first kappa shape index (κ1) is 12.0. The predicted molar refractivity (Wildman–Crippen MR) is 87.3 cm³/mol. The molecule has 0 N–H and O–H groups in total. The summed E-state index contributed by atoms with van der Waals surface area (Å²) in [4.78, 5) is 0. The molecule has 0 atom stereocenters. The lowest BCUT2D eigenvalue weighted by atomic mass is 10.0. The molecule has 2 aromatic carbocycles. The maximum atomic E-state index is 2.26. The van der Waals surface area contributed by atoms with Crippen LogP contribution in [0.3, 0.4) is 0 Å². The zero-order valence-electron chi connectivity index (χ0n) is 11.9. The van der Waals surface area contributed by atoms with E-state index in [2.05, 4.69) is 95.4 Å². The molecule has 0 saturated heterocycles. The van der Waals surface area contributed by atoms with Gasteiger partial charge in [0.15, 0.2) is 0 Å². The van der Waals surface area contributed by atoms with Gasteiger partial charge in [0.25, 0.3) is 0 Å². The summed E-state index contributed by atoms with van der Waals surface area (Å²) in [5, 5.41) is 2.54. The third-order valence-electron chi connectivity index (χ3n) is 3.93. The number of aryl methyl sites for hydroxylation is 1. The molecule has 0 aliphatic heterocycles. The van der Waals surface area contributed by atoms with E-state index < -0.39 is 0 Å². The summed E-state index contributed by atoms with van der Waals surface area (Å²) >= 11 is 0. The van der Waals surface area contributed by atoms with Crippen LogP contribution >= 0.6 is 0 Å². The van der Waals surface area contributed by atoms with Gasteiger partial charge in [-0.3, -0.25) is 0 Å². The fourth-order valence-corrected chi connectivity index (χ4v) is 3.01. The number of hydrogen-bond donors (Lipinski definition) is 0. The molecule has 2 heterocycles. The smallest absolute Gasteiger partial charge is 0.0558 e. The fraction of sp³-hybridized carbons (Fsp3) is 0.0526. The number of aromatic nitrogens is 2. The summed E-state index contributed by atoms with van der Waals surface area (Å²) in [6, 6.07) is 19.1. The van der Waals surface area contributed by atoms with E-state index in [1.807, 2.05) is 0 Å². The lowest BCUT2D eigenvalue weighted by Gasteiger charge is -2.16. The van der Waals surface area contributed by atoms with Gasteiger partial charge in [0.1, 0.15) is 0 Å². The summed E-state index contributed by atoms with van der Waals surface area (Å²) in [6.45, 7) is 2.18. The number of nitrogens with zero attached hydrogens (tertiary/aromatic N) is 2. The molecule has 2 aromatic heterocycles. The Morgan fingerprint density at radius 1 is 0.667 bits per heavy atom. The van der Waals surface area contributed by atoms with Crippen LogP contribution in [0.1, 0.15) is 5.56 Å². The van der Waals surface area contributed by atoms with Crippen molar-refractivity contribution in [3.63, 3.8) is 0 Å². The summed E-state index contributed by atoms with van der Waals surface area (Å²) in [5.41, 5.74) is 3.75. The van der Waals surface area contributed by atoms with Gasteiger partial charge in [-0.2, -0.15) is 0 Å². The lowest BCUT2D eigenvalue weighted by molar-refractivity contribution is 1.05. The molecule has 0 unspecified atom stereocenters. The van der Waals surface area contributed by atoms with Crippen molar-refractivity contribution in [2.75, 3.05) is 0 Å². The van der Waals surface area contributed by atoms with E-state index in [-0.39, 0.29) is 0 Å². The Balaban J connectivity index is 2.11. The van der Waals surface area contributed by atoms with Gasteiger partial charge in [0, 0.05) is 35.6 Å². The van der Waals surface area contributed by atoms with Crippen LogP contribution in [0.2, 0.25) is 0 Å². The van der Waals surface area contributed by atoms with E-state index in [0.29, 0.717) is 0 Å². The molecule has 0 aliphatic rings. The molecule has 21 heavy (non-hydrogen) atoms. The average Bonchev–Trinajstić information content (AvgIpc) is 3.20. The van der Waals surface area contributed by atoms with Crippen molar-refractivity contribution >= 4 is 10.8 Å². The average molecular weight is 272 g/mol. The first-order valence-electron chi connectivity index (χ1n) is 7.13. The molecule has 102 valence electrons. The first-order chi connectivity index (χ1) is 10.3. The molecule has 2 heteroatoms. The summed E-state index contributed by atoms with van der Waals surface area (Å²) in [5.74, 6) is 0. The highest BCUT2D eigenvalue weighted by atomic mass is 15.0.